The molecule has 35 heavy (non-hydrogen) atoms. The van der Waals surface area contributed by atoms with Gasteiger partial charge in [0.05, 0.1) is 24.6 Å². The molecule has 2 aromatic rings. The van der Waals surface area contributed by atoms with Crippen LogP contribution in [0.2, 0.25) is 0 Å². The van der Waals surface area contributed by atoms with E-state index in [2.05, 4.69) is 20.6 Å². The molecule has 0 aliphatic carbocycles. The third-order valence-electron chi connectivity index (χ3n) is 6.20. The molecule has 1 aliphatic rings. The number of ether oxygens (including phenoxy) is 1. The van der Waals surface area contributed by atoms with Gasteiger partial charge in [0.15, 0.2) is 5.82 Å². The molecule has 10 heteroatoms. The van der Waals surface area contributed by atoms with Crippen LogP contribution < -0.4 is 10.6 Å². The normalized spacial score (nSPS) is 17.8. The van der Waals surface area contributed by atoms with Crippen molar-refractivity contribution in [2.75, 3.05) is 13.2 Å². The number of aromatic nitrogens is 2. The van der Waals surface area contributed by atoms with Gasteiger partial charge in [0, 0.05) is 12.6 Å². The monoisotopic (exact) mass is 489 g/mol. The highest BCUT2D eigenvalue weighted by molar-refractivity contribution is 5.91. The molecule has 3 N–H and O–H groups in total. The molecule has 1 aromatic heterocycles. The Morgan fingerprint density at radius 2 is 2.00 bits per heavy atom. The Bertz CT molecular complexity index is 1040. The molecule has 1 saturated heterocycles. The van der Waals surface area contributed by atoms with Crippen molar-refractivity contribution in [2.45, 2.75) is 77.9 Å². The van der Waals surface area contributed by atoms with Crippen molar-refractivity contribution >= 4 is 28.9 Å². The molecule has 0 saturated carbocycles. The summed E-state index contributed by atoms with van der Waals surface area (Å²) in [7, 11) is 0. The number of carbonyl (C=O) groups is 3. The SMILES string of the molecule is CC[C@H]1CCCCN1C(=O)C[C@H](NC(=O)OCC(C)C)C(=O)N[C@@H](C)c1nc2c(F)cccc2[nH]1. The van der Waals surface area contributed by atoms with Crippen LogP contribution in [-0.4, -0.2) is 58.0 Å². The third-order valence-corrected chi connectivity index (χ3v) is 6.20. The minimum atomic E-state index is -1.12. The summed E-state index contributed by atoms with van der Waals surface area (Å²) in [4.78, 5) is 47.8. The van der Waals surface area contributed by atoms with Crippen LogP contribution in [0.5, 0.6) is 0 Å². The molecular formula is C25H36FN5O4. The number of benzene rings is 1. The van der Waals surface area contributed by atoms with Gasteiger partial charge >= 0.3 is 6.09 Å². The molecule has 192 valence electrons. The fourth-order valence-corrected chi connectivity index (χ4v) is 4.28. The summed E-state index contributed by atoms with van der Waals surface area (Å²) < 4.78 is 19.2. The number of likely N-dealkylation sites (tertiary alicyclic amines) is 1. The van der Waals surface area contributed by atoms with Gasteiger partial charge in [-0.15, -0.1) is 0 Å². The van der Waals surface area contributed by atoms with Crippen LogP contribution in [-0.2, 0) is 14.3 Å². The molecule has 0 radical (unpaired) electrons. The number of imidazole rings is 1. The number of aromatic amines is 1. The van der Waals surface area contributed by atoms with Gasteiger partial charge in [0.25, 0.3) is 0 Å². The number of carbonyl (C=O) groups excluding carboxylic acids is 3. The highest BCUT2D eigenvalue weighted by Crippen LogP contribution is 2.21. The number of H-pyrrole nitrogens is 1. The Balaban J connectivity index is 1.73. The Hall–Kier alpha value is -3.17. The van der Waals surface area contributed by atoms with Crippen molar-refractivity contribution in [3.8, 4) is 0 Å². The molecule has 1 aliphatic heterocycles. The van der Waals surface area contributed by atoms with E-state index in [-0.39, 0.29) is 36.4 Å². The van der Waals surface area contributed by atoms with E-state index >= 15 is 0 Å². The molecule has 3 amide bonds. The Morgan fingerprint density at radius 1 is 1.23 bits per heavy atom. The smallest absolute Gasteiger partial charge is 0.407 e. The lowest BCUT2D eigenvalue weighted by Crippen LogP contribution is -2.52. The zero-order chi connectivity index (χ0) is 25.5. The maximum Gasteiger partial charge on any atom is 0.407 e. The predicted molar refractivity (Wildman–Crippen MR) is 130 cm³/mol. The van der Waals surface area contributed by atoms with Crippen LogP contribution in [0.1, 0.15) is 71.7 Å². The number of amides is 3. The number of para-hydroxylation sites is 1. The standard InChI is InChI=1S/C25H36FN5O4/c1-5-17-9-6-7-12-31(17)21(32)13-20(29-25(34)35-14-15(2)3)24(33)27-16(4)23-28-19-11-8-10-18(26)22(19)30-23/h8,10-11,15-17,20H,5-7,9,12-14H2,1-4H3,(H,27,33)(H,28,30)(H,29,34)/t16-,17-,20-/m0/s1. The highest BCUT2D eigenvalue weighted by Gasteiger charge is 2.32. The molecular weight excluding hydrogens is 453 g/mol. The largest absolute Gasteiger partial charge is 0.449 e. The minimum Gasteiger partial charge on any atom is -0.449 e. The number of piperidine rings is 1. The summed E-state index contributed by atoms with van der Waals surface area (Å²) in [5.41, 5.74) is 0.695. The molecule has 3 rings (SSSR count). The molecule has 0 unspecified atom stereocenters. The van der Waals surface area contributed by atoms with E-state index in [0.717, 1.165) is 25.7 Å². The average molecular weight is 490 g/mol. The summed E-state index contributed by atoms with van der Waals surface area (Å²) in [5.74, 6) is -0.693. The van der Waals surface area contributed by atoms with E-state index in [1.807, 2.05) is 25.7 Å². The number of nitrogens with one attached hydrogen (secondary N) is 3. The number of nitrogens with zero attached hydrogens (tertiary/aromatic N) is 2. The maximum absolute atomic E-state index is 14.0. The van der Waals surface area contributed by atoms with Crippen LogP contribution in [0.25, 0.3) is 11.0 Å². The lowest BCUT2D eigenvalue weighted by atomic mass is 9.99. The van der Waals surface area contributed by atoms with Gasteiger partial charge in [-0.05, 0) is 50.7 Å². The van der Waals surface area contributed by atoms with E-state index in [1.165, 1.54) is 6.07 Å². The van der Waals surface area contributed by atoms with Crippen LogP contribution in [0, 0.1) is 11.7 Å². The van der Waals surface area contributed by atoms with Crippen molar-refractivity contribution in [1.82, 2.24) is 25.5 Å². The van der Waals surface area contributed by atoms with Crippen molar-refractivity contribution in [3.63, 3.8) is 0 Å². The summed E-state index contributed by atoms with van der Waals surface area (Å²) >= 11 is 0. The topological polar surface area (TPSA) is 116 Å². The molecule has 1 aromatic carbocycles. The second-order valence-corrected chi connectivity index (χ2v) is 9.53. The summed E-state index contributed by atoms with van der Waals surface area (Å²) in [5, 5.41) is 5.34. The first-order valence-electron chi connectivity index (χ1n) is 12.4. The third kappa shape index (κ3) is 6.93. The van der Waals surface area contributed by atoms with Gasteiger partial charge in [-0.1, -0.05) is 26.8 Å². The van der Waals surface area contributed by atoms with E-state index in [4.69, 9.17) is 4.74 Å². The minimum absolute atomic E-state index is 0.127. The fourth-order valence-electron chi connectivity index (χ4n) is 4.28. The van der Waals surface area contributed by atoms with Crippen molar-refractivity contribution in [3.05, 3.63) is 29.8 Å². The average Bonchev–Trinajstić information content (AvgIpc) is 3.28. The molecule has 9 nitrogen and oxygen atoms in total. The number of halogens is 1. The molecule has 3 atom stereocenters. The number of rotatable bonds is 9. The quantitative estimate of drug-likeness (QED) is 0.495. The summed E-state index contributed by atoms with van der Waals surface area (Å²) in [6.07, 6.45) is 2.83. The van der Waals surface area contributed by atoms with Gasteiger partial charge in [0.1, 0.15) is 17.4 Å². The summed E-state index contributed by atoms with van der Waals surface area (Å²) in [6, 6.07) is 2.98. The van der Waals surface area contributed by atoms with Gasteiger partial charge in [-0.3, -0.25) is 9.59 Å². The first-order valence-corrected chi connectivity index (χ1v) is 12.4. The first-order chi connectivity index (χ1) is 16.7. The van der Waals surface area contributed by atoms with E-state index in [9.17, 15) is 18.8 Å². The van der Waals surface area contributed by atoms with Gasteiger partial charge in [0.2, 0.25) is 11.8 Å². The van der Waals surface area contributed by atoms with E-state index in [0.29, 0.717) is 17.9 Å². The van der Waals surface area contributed by atoms with Crippen LogP contribution >= 0.6 is 0 Å². The summed E-state index contributed by atoms with van der Waals surface area (Å²) in [6.45, 7) is 8.38. The second-order valence-electron chi connectivity index (χ2n) is 9.53. The Labute approximate surface area is 205 Å². The lowest BCUT2D eigenvalue weighted by molar-refractivity contribution is -0.138. The van der Waals surface area contributed by atoms with E-state index in [1.54, 1.807) is 19.1 Å². The number of hydrogen-bond acceptors (Lipinski definition) is 5. The van der Waals surface area contributed by atoms with Gasteiger partial charge < -0.3 is 25.3 Å². The lowest BCUT2D eigenvalue weighted by Gasteiger charge is -2.36. The molecule has 0 spiro atoms. The van der Waals surface area contributed by atoms with Crippen LogP contribution in [0.15, 0.2) is 18.2 Å². The number of hydrogen-bond donors (Lipinski definition) is 3. The van der Waals surface area contributed by atoms with Crippen molar-refractivity contribution in [2.24, 2.45) is 5.92 Å². The maximum atomic E-state index is 14.0. The zero-order valence-electron chi connectivity index (χ0n) is 20.9. The Kier molecular flexibility index (Phi) is 9.06. The second kappa shape index (κ2) is 12.0. The number of fused-ring (bicyclic) bond motifs is 1. The van der Waals surface area contributed by atoms with E-state index < -0.39 is 29.9 Å². The van der Waals surface area contributed by atoms with Gasteiger partial charge in [-0.2, -0.15) is 0 Å². The van der Waals surface area contributed by atoms with Crippen LogP contribution in [0.4, 0.5) is 9.18 Å². The van der Waals surface area contributed by atoms with Crippen molar-refractivity contribution < 1.29 is 23.5 Å². The highest BCUT2D eigenvalue weighted by atomic mass is 19.1. The number of alkyl carbamates (subject to hydrolysis) is 1. The van der Waals surface area contributed by atoms with Gasteiger partial charge in [-0.25, -0.2) is 14.2 Å². The molecule has 0 bridgehead atoms. The predicted octanol–water partition coefficient (Wildman–Crippen LogP) is 3.81. The first kappa shape index (κ1) is 26.4. The molecule has 2 heterocycles. The van der Waals surface area contributed by atoms with Crippen molar-refractivity contribution in [1.29, 1.82) is 0 Å². The Morgan fingerprint density at radius 3 is 2.69 bits per heavy atom. The fraction of sp³-hybridized carbons (Fsp3) is 0.600. The zero-order valence-corrected chi connectivity index (χ0v) is 20.9. The molecule has 1 fully saturated rings. The van der Waals surface area contributed by atoms with Crippen LogP contribution in [0.3, 0.4) is 0 Å².